The molecule has 1 atom stereocenters. The molecule has 1 aromatic rings. The van der Waals surface area contributed by atoms with Gasteiger partial charge in [-0.25, -0.2) is 8.42 Å². The van der Waals surface area contributed by atoms with E-state index >= 15 is 0 Å². The Labute approximate surface area is 106 Å². The molecule has 0 aliphatic heterocycles. The van der Waals surface area contributed by atoms with Gasteiger partial charge in [0.25, 0.3) is 0 Å². The fraction of sp³-hybridized carbons (Fsp3) is 0.364. The van der Waals surface area contributed by atoms with Gasteiger partial charge in [0.05, 0.1) is 31.1 Å². The van der Waals surface area contributed by atoms with Crippen LogP contribution in [0.4, 0.5) is 5.69 Å². The molecule has 0 spiro atoms. The van der Waals surface area contributed by atoms with Crippen molar-refractivity contribution in [1.82, 2.24) is 0 Å². The highest BCUT2D eigenvalue weighted by Crippen LogP contribution is 2.23. The van der Waals surface area contributed by atoms with Gasteiger partial charge < -0.3 is 14.6 Å². The third kappa shape index (κ3) is 3.13. The van der Waals surface area contributed by atoms with E-state index in [2.05, 4.69) is 0 Å². The summed E-state index contributed by atoms with van der Waals surface area (Å²) >= 11 is 0. The van der Waals surface area contributed by atoms with E-state index in [0.717, 1.165) is 10.6 Å². The molecule has 100 valence electrons. The molecule has 0 bridgehead atoms. The summed E-state index contributed by atoms with van der Waals surface area (Å²) in [5, 5.41) is 10.8. The van der Waals surface area contributed by atoms with E-state index in [1.54, 1.807) is 12.1 Å². The van der Waals surface area contributed by atoms with Crippen LogP contribution >= 0.6 is 0 Å². The van der Waals surface area contributed by atoms with Gasteiger partial charge >= 0.3 is 0 Å². The topological polar surface area (TPSA) is 86.7 Å². The number of aliphatic carboxylic acids is 1. The van der Waals surface area contributed by atoms with Crippen molar-refractivity contribution in [1.29, 1.82) is 0 Å². The molecule has 18 heavy (non-hydrogen) atoms. The molecule has 0 aliphatic rings. The van der Waals surface area contributed by atoms with Gasteiger partial charge in [-0.1, -0.05) is 0 Å². The van der Waals surface area contributed by atoms with Gasteiger partial charge in [-0.05, 0) is 31.2 Å². The Morgan fingerprint density at radius 3 is 2.17 bits per heavy atom. The third-order valence-electron chi connectivity index (χ3n) is 2.38. The highest BCUT2D eigenvalue weighted by atomic mass is 32.2. The lowest BCUT2D eigenvalue weighted by Crippen LogP contribution is -2.48. The normalized spacial score (nSPS) is 12.8. The van der Waals surface area contributed by atoms with Gasteiger partial charge in [0, 0.05) is 0 Å². The molecule has 0 saturated carbocycles. The van der Waals surface area contributed by atoms with Crippen LogP contribution < -0.4 is 14.1 Å². The predicted octanol–water partition coefficient (Wildman–Crippen LogP) is -0.400. The lowest BCUT2D eigenvalue weighted by atomic mass is 10.2. The molecule has 6 nitrogen and oxygen atoms in total. The summed E-state index contributed by atoms with van der Waals surface area (Å²) in [4.78, 5) is 10.8. The SMILES string of the molecule is COc1ccc(N([C@H](C)C(=O)[O-])S(C)(=O)=O)cc1. The van der Waals surface area contributed by atoms with Crippen LogP contribution in [0.5, 0.6) is 5.75 Å². The Morgan fingerprint density at radius 2 is 1.83 bits per heavy atom. The molecule has 0 aromatic heterocycles. The average Bonchev–Trinajstić information content (AvgIpc) is 2.28. The number of anilines is 1. The zero-order valence-electron chi connectivity index (χ0n) is 10.3. The predicted molar refractivity (Wildman–Crippen MR) is 64.8 cm³/mol. The smallest absolute Gasteiger partial charge is 0.232 e. The third-order valence-corrected chi connectivity index (χ3v) is 3.62. The van der Waals surface area contributed by atoms with Gasteiger partial charge in [-0.2, -0.15) is 0 Å². The maximum Gasteiger partial charge on any atom is 0.232 e. The van der Waals surface area contributed by atoms with Crippen molar-refractivity contribution in [2.75, 3.05) is 17.7 Å². The van der Waals surface area contributed by atoms with Crippen LogP contribution in [-0.4, -0.2) is 33.8 Å². The monoisotopic (exact) mass is 272 g/mol. The van der Waals surface area contributed by atoms with Gasteiger partial charge in [0.1, 0.15) is 5.75 Å². The van der Waals surface area contributed by atoms with Gasteiger partial charge in [0.2, 0.25) is 10.0 Å². The van der Waals surface area contributed by atoms with Crippen molar-refractivity contribution in [3.8, 4) is 5.75 Å². The Morgan fingerprint density at radius 1 is 1.33 bits per heavy atom. The maximum absolute atomic E-state index is 11.6. The largest absolute Gasteiger partial charge is 0.548 e. The molecule has 0 N–H and O–H groups in total. The van der Waals surface area contributed by atoms with Crippen LogP contribution in [-0.2, 0) is 14.8 Å². The summed E-state index contributed by atoms with van der Waals surface area (Å²) < 4.78 is 29.0. The summed E-state index contributed by atoms with van der Waals surface area (Å²) in [5.41, 5.74) is 0.245. The first-order valence-electron chi connectivity index (χ1n) is 5.11. The molecule has 0 heterocycles. The van der Waals surface area contributed by atoms with E-state index in [1.165, 1.54) is 26.2 Å². The lowest BCUT2D eigenvalue weighted by Gasteiger charge is -2.29. The number of carboxylic acid groups (broad SMARTS) is 1. The number of nitrogens with zero attached hydrogens (tertiary/aromatic N) is 1. The van der Waals surface area contributed by atoms with E-state index in [1.807, 2.05) is 0 Å². The Bertz CT molecular complexity index is 523. The number of methoxy groups -OCH3 is 1. The number of carbonyl (C=O) groups is 1. The first kappa shape index (κ1) is 14.3. The fourth-order valence-electron chi connectivity index (χ4n) is 1.53. The zero-order valence-corrected chi connectivity index (χ0v) is 11.1. The van der Waals surface area contributed by atoms with E-state index in [4.69, 9.17) is 4.74 Å². The Hall–Kier alpha value is -1.76. The first-order valence-corrected chi connectivity index (χ1v) is 6.96. The van der Waals surface area contributed by atoms with Crippen LogP contribution in [0, 0.1) is 0 Å². The molecule has 0 saturated heterocycles. The lowest BCUT2D eigenvalue weighted by molar-refractivity contribution is -0.306. The van der Waals surface area contributed by atoms with Gasteiger partial charge in [0.15, 0.2) is 0 Å². The van der Waals surface area contributed by atoms with E-state index in [0.29, 0.717) is 5.75 Å². The van der Waals surface area contributed by atoms with Crippen molar-refractivity contribution >= 4 is 21.7 Å². The summed E-state index contributed by atoms with van der Waals surface area (Å²) in [6, 6.07) is 4.76. The van der Waals surface area contributed by atoms with Crippen molar-refractivity contribution in [2.24, 2.45) is 0 Å². The van der Waals surface area contributed by atoms with Crippen LogP contribution in [0.2, 0.25) is 0 Å². The number of carboxylic acids is 1. The zero-order chi connectivity index (χ0) is 13.9. The summed E-state index contributed by atoms with van der Waals surface area (Å²) in [6.07, 6.45) is 0.941. The first-order chi connectivity index (χ1) is 8.27. The van der Waals surface area contributed by atoms with Crippen LogP contribution in [0.3, 0.4) is 0 Å². The van der Waals surface area contributed by atoms with E-state index in [-0.39, 0.29) is 5.69 Å². The Balaban J connectivity index is 3.22. The second-order valence-corrected chi connectivity index (χ2v) is 5.61. The molecule has 0 aliphatic carbocycles. The van der Waals surface area contributed by atoms with Crippen molar-refractivity contribution in [2.45, 2.75) is 13.0 Å². The minimum absolute atomic E-state index is 0.245. The van der Waals surface area contributed by atoms with E-state index in [9.17, 15) is 18.3 Å². The quantitative estimate of drug-likeness (QED) is 0.728. The molecule has 0 unspecified atom stereocenters. The minimum atomic E-state index is -3.71. The molecule has 0 amide bonds. The van der Waals surface area contributed by atoms with Crippen LogP contribution in [0.25, 0.3) is 0 Å². The second kappa shape index (κ2) is 5.26. The number of ether oxygens (including phenoxy) is 1. The maximum atomic E-state index is 11.6. The van der Waals surface area contributed by atoms with Gasteiger partial charge in [-0.15, -0.1) is 0 Å². The van der Waals surface area contributed by atoms with Crippen LogP contribution in [0.15, 0.2) is 24.3 Å². The minimum Gasteiger partial charge on any atom is -0.548 e. The fourth-order valence-corrected chi connectivity index (χ4v) is 2.69. The van der Waals surface area contributed by atoms with E-state index < -0.39 is 22.0 Å². The second-order valence-electron chi connectivity index (χ2n) is 3.75. The number of carbonyl (C=O) groups excluding carboxylic acids is 1. The summed E-state index contributed by atoms with van der Waals surface area (Å²) in [6.45, 7) is 1.25. The van der Waals surface area contributed by atoms with Crippen molar-refractivity contribution < 1.29 is 23.1 Å². The molecular weight excluding hydrogens is 258 g/mol. The number of sulfonamides is 1. The molecule has 1 rings (SSSR count). The highest BCUT2D eigenvalue weighted by Gasteiger charge is 2.24. The summed E-state index contributed by atoms with van der Waals surface area (Å²) in [5.74, 6) is -0.912. The molecule has 0 fully saturated rings. The molecule has 1 aromatic carbocycles. The average molecular weight is 272 g/mol. The number of hydrogen-bond donors (Lipinski definition) is 0. The number of rotatable bonds is 5. The van der Waals surface area contributed by atoms with Crippen molar-refractivity contribution in [3.05, 3.63) is 24.3 Å². The summed E-state index contributed by atoms with van der Waals surface area (Å²) in [7, 11) is -2.23. The molecule has 7 heteroatoms. The molecular formula is C11H14NO5S-. The van der Waals surface area contributed by atoms with Crippen LogP contribution in [0.1, 0.15) is 6.92 Å². The standard InChI is InChI=1S/C11H15NO5S/c1-8(11(13)14)12(18(3,15)16)9-4-6-10(17-2)7-5-9/h4-8H,1-3H3,(H,13,14)/p-1/t8-/m1/s1. The van der Waals surface area contributed by atoms with Gasteiger partial charge in [-0.3, -0.25) is 4.31 Å². The highest BCUT2D eigenvalue weighted by molar-refractivity contribution is 7.92. The molecule has 0 radical (unpaired) electrons. The number of hydrogen-bond acceptors (Lipinski definition) is 5. The Kier molecular flexibility index (Phi) is 4.18. The number of benzene rings is 1. The van der Waals surface area contributed by atoms with Crippen molar-refractivity contribution in [3.63, 3.8) is 0 Å².